The van der Waals surface area contributed by atoms with Crippen LogP contribution in [0.2, 0.25) is 0 Å². The number of nitrogens with two attached hydrogens (primary N) is 2. The number of benzene rings is 2. The van der Waals surface area contributed by atoms with Crippen molar-refractivity contribution in [2.75, 3.05) is 12.0 Å². The van der Waals surface area contributed by atoms with Crippen LogP contribution < -0.4 is 27.4 Å². The summed E-state index contributed by atoms with van der Waals surface area (Å²) in [5.41, 5.74) is 13.1. The molecule has 0 saturated carbocycles. The minimum atomic E-state index is -1.33. The Labute approximate surface area is 258 Å². The normalized spacial score (nSPS) is 13.8. The van der Waals surface area contributed by atoms with Crippen molar-refractivity contribution in [1.82, 2.24) is 20.9 Å². The van der Waals surface area contributed by atoms with Gasteiger partial charge in [0, 0.05) is 36.4 Å². The van der Waals surface area contributed by atoms with Crippen molar-refractivity contribution in [1.29, 1.82) is 0 Å². The number of carbonyl (C=O) groups is 5. The van der Waals surface area contributed by atoms with Crippen LogP contribution in [0.25, 0.3) is 10.9 Å². The maximum atomic E-state index is 13.6. The number of fused-ring (bicyclic) bond motifs is 1. The van der Waals surface area contributed by atoms with E-state index < -0.39 is 53.8 Å². The predicted molar refractivity (Wildman–Crippen MR) is 167 cm³/mol. The molecule has 44 heavy (non-hydrogen) atoms. The van der Waals surface area contributed by atoms with Gasteiger partial charge in [-0.3, -0.25) is 19.2 Å². The lowest BCUT2D eigenvalue weighted by atomic mass is 10.0. The first kappa shape index (κ1) is 33.9. The number of aromatic nitrogens is 1. The SMILES string of the molecule is CSCCC(NC(=O)C(N)CCC(N)=O)C(=O)NC(Cc1c[nH]c2ccccc12)C(=O)NC(Cc1ccc(O)cc1)C(=O)O. The lowest BCUT2D eigenvalue weighted by Gasteiger charge is -2.25. The van der Waals surface area contributed by atoms with Gasteiger partial charge < -0.3 is 42.6 Å². The number of phenols is 1. The highest BCUT2D eigenvalue weighted by Crippen LogP contribution is 2.20. The lowest BCUT2D eigenvalue weighted by Crippen LogP contribution is -2.58. The predicted octanol–water partition coefficient (Wildman–Crippen LogP) is 0.544. The van der Waals surface area contributed by atoms with Crippen LogP contribution in [0.5, 0.6) is 5.75 Å². The number of amides is 4. The van der Waals surface area contributed by atoms with Crippen LogP contribution in [0.4, 0.5) is 0 Å². The van der Waals surface area contributed by atoms with Gasteiger partial charge in [0.05, 0.1) is 6.04 Å². The van der Waals surface area contributed by atoms with Crippen LogP contribution in [-0.4, -0.2) is 81.0 Å². The van der Waals surface area contributed by atoms with E-state index in [0.29, 0.717) is 16.9 Å². The van der Waals surface area contributed by atoms with Crippen molar-refractivity contribution < 1.29 is 34.2 Å². The van der Waals surface area contributed by atoms with E-state index in [1.54, 1.807) is 18.3 Å². The first-order valence-electron chi connectivity index (χ1n) is 14.0. The molecular formula is C30H38N6O7S. The fourth-order valence-corrected chi connectivity index (χ4v) is 5.03. The monoisotopic (exact) mass is 626 g/mol. The molecule has 13 nitrogen and oxygen atoms in total. The van der Waals surface area contributed by atoms with Crippen LogP contribution in [0, 0.1) is 0 Å². The number of carboxylic acid groups (broad SMARTS) is 1. The molecule has 1 heterocycles. The molecule has 0 fully saturated rings. The second-order valence-electron chi connectivity index (χ2n) is 10.3. The largest absolute Gasteiger partial charge is 0.508 e. The molecule has 3 rings (SSSR count). The topological polar surface area (TPSA) is 230 Å². The molecule has 0 aliphatic heterocycles. The molecule has 4 amide bonds. The number of hydrogen-bond acceptors (Lipinski definition) is 8. The Balaban J connectivity index is 1.84. The summed E-state index contributed by atoms with van der Waals surface area (Å²) < 4.78 is 0. The molecule has 4 unspecified atom stereocenters. The maximum Gasteiger partial charge on any atom is 0.326 e. The number of aromatic hydroxyl groups is 1. The van der Waals surface area contributed by atoms with E-state index in [2.05, 4.69) is 20.9 Å². The molecule has 0 radical (unpaired) electrons. The van der Waals surface area contributed by atoms with E-state index in [-0.39, 0.29) is 37.9 Å². The molecule has 14 heteroatoms. The Bertz CT molecular complexity index is 1460. The number of H-pyrrole nitrogens is 1. The number of nitrogens with one attached hydrogen (secondary N) is 4. The summed E-state index contributed by atoms with van der Waals surface area (Å²) in [7, 11) is 0. The number of aliphatic carboxylic acids is 1. The highest BCUT2D eigenvalue weighted by atomic mass is 32.2. The minimum Gasteiger partial charge on any atom is -0.508 e. The summed E-state index contributed by atoms with van der Waals surface area (Å²) in [5, 5.41) is 28.1. The third-order valence-corrected chi connectivity index (χ3v) is 7.65. The van der Waals surface area contributed by atoms with Crippen molar-refractivity contribution in [2.45, 2.75) is 56.3 Å². The molecule has 236 valence electrons. The molecule has 0 bridgehead atoms. The number of rotatable bonds is 17. The summed E-state index contributed by atoms with van der Waals surface area (Å²) in [4.78, 5) is 66.2. The summed E-state index contributed by atoms with van der Waals surface area (Å²) in [6, 6.07) is 8.67. The standard InChI is InChI=1S/C30H38N6O7S/c1-44-13-12-23(34-27(39)21(31)10-11-26(32)38)28(40)35-24(15-18-16-33-22-5-3-2-4-20(18)22)29(41)36-25(30(42)43)14-17-6-8-19(37)9-7-17/h2-9,16,21,23-25,33,37H,10-15,31H2,1H3,(H2,32,38)(H,34,39)(H,35,40)(H,36,41)(H,42,43). The molecule has 1 aromatic heterocycles. The van der Waals surface area contributed by atoms with Crippen LogP contribution in [0.1, 0.15) is 30.4 Å². The van der Waals surface area contributed by atoms with Gasteiger partial charge in [-0.05, 0) is 54.2 Å². The number of phenolic OH excluding ortho intramolecular Hbond substituents is 1. The summed E-state index contributed by atoms with van der Waals surface area (Å²) in [5.74, 6) is -3.40. The fraction of sp³-hybridized carbons (Fsp3) is 0.367. The first-order valence-corrected chi connectivity index (χ1v) is 15.4. The zero-order chi connectivity index (χ0) is 32.2. The molecule has 0 aliphatic rings. The van der Waals surface area contributed by atoms with Gasteiger partial charge >= 0.3 is 5.97 Å². The number of thioether (sulfide) groups is 1. The van der Waals surface area contributed by atoms with E-state index in [0.717, 1.165) is 10.9 Å². The Morgan fingerprint density at radius 3 is 2.16 bits per heavy atom. The Kier molecular flexibility index (Phi) is 12.6. The van der Waals surface area contributed by atoms with Gasteiger partial charge in [0.1, 0.15) is 23.9 Å². The van der Waals surface area contributed by atoms with Gasteiger partial charge in [-0.25, -0.2) is 4.79 Å². The van der Waals surface area contributed by atoms with Gasteiger partial charge in [-0.2, -0.15) is 11.8 Å². The second kappa shape index (κ2) is 16.3. The maximum absolute atomic E-state index is 13.6. The van der Waals surface area contributed by atoms with Crippen molar-refractivity contribution >= 4 is 52.3 Å². The number of aromatic amines is 1. The number of carbonyl (C=O) groups excluding carboxylic acids is 4. The van der Waals surface area contributed by atoms with Crippen LogP contribution in [0.15, 0.2) is 54.7 Å². The third kappa shape index (κ3) is 10.0. The van der Waals surface area contributed by atoms with Crippen molar-refractivity contribution in [3.05, 3.63) is 65.9 Å². The second-order valence-corrected chi connectivity index (χ2v) is 11.3. The van der Waals surface area contributed by atoms with Crippen molar-refractivity contribution in [2.24, 2.45) is 11.5 Å². The highest BCUT2D eigenvalue weighted by molar-refractivity contribution is 7.98. The van der Waals surface area contributed by atoms with E-state index in [1.165, 1.54) is 23.9 Å². The summed E-state index contributed by atoms with van der Waals surface area (Å²) in [6.07, 6.45) is 3.63. The molecule has 0 saturated heterocycles. The van der Waals surface area contributed by atoms with Crippen molar-refractivity contribution in [3.8, 4) is 5.75 Å². The zero-order valence-electron chi connectivity index (χ0n) is 24.2. The van der Waals surface area contributed by atoms with Gasteiger partial charge in [0.15, 0.2) is 0 Å². The minimum absolute atomic E-state index is 0.00123. The third-order valence-electron chi connectivity index (χ3n) is 7.00. The number of primary amides is 1. The first-order chi connectivity index (χ1) is 21.0. The van der Waals surface area contributed by atoms with E-state index >= 15 is 0 Å². The molecule has 10 N–H and O–H groups in total. The molecule has 2 aromatic carbocycles. The average molecular weight is 627 g/mol. The van der Waals surface area contributed by atoms with E-state index in [1.807, 2.05) is 30.5 Å². The number of hydrogen-bond donors (Lipinski definition) is 8. The van der Waals surface area contributed by atoms with Gasteiger partial charge in [-0.1, -0.05) is 30.3 Å². The number of para-hydroxylation sites is 1. The smallest absolute Gasteiger partial charge is 0.326 e. The average Bonchev–Trinajstić information content (AvgIpc) is 3.40. The van der Waals surface area contributed by atoms with Gasteiger partial charge in [-0.15, -0.1) is 0 Å². The van der Waals surface area contributed by atoms with E-state index in [9.17, 15) is 34.2 Å². The molecule has 0 spiro atoms. The van der Waals surface area contributed by atoms with Crippen LogP contribution >= 0.6 is 11.8 Å². The highest BCUT2D eigenvalue weighted by Gasteiger charge is 2.31. The van der Waals surface area contributed by atoms with Crippen LogP contribution in [0.3, 0.4) is 0 Å². The molecule has 0 aliphatic carbocycles. The summed E-state index contributed by atoms with van der Waals surface area (Å²) in [6.45, 7) is 0. The quantitative estimate of drug-likeness (QED) is 0.104. The fourth-order valence-electron chi connectivity index (χ4n) is 4.55. The molecular weight excluding hydrogens is 588 g/mol. The Morgan fingerprint density at radius 1 is 0.864 bits per heavy atom. The summed E-state index contributed by atoms with van der Waals surface area (Å²) >= 11 is 1.45. The van der Waals surface area contributed by atoms with Gasteiger partial charge in [0.2, 0.25) is 23.6 Å². The Hall–Kier alpha value is -4.56. The Morgan fingerprint density at radius 2 is 1.50 bits per heavy atom. The number of carboxylic acids is 1. The van der Waals surface area contributed by atoms with Crippen LogP contribution in [-0.2, 0) is 36.8 Å². The zero-order valence-corrected chi connectivity index (χ0v) is 25.1. The molecule has 4 atom stereocenters. The van der Waals surface area contributed by atoms with Gasteiger partial charge in [0.25, 0.3) is 0 Å². The van der Waals surface area contributed by atoms with E-state index in [4.69, 9.17) is 11.5 Å². The van der Waals surface area contributed by atoms with Crippen molar-refractivity contribution in [3.63, 3.8) is 0 Å². The lowest BCUT2D eigenvalue weighted by molar-refractivity contribution is -0.142. The molecule has 3 aromatic rings.